The number of esters is 1. The minimum atomic E-state index is -0.825. The second-order valence-corrected chi connectivity index (χ2v) is 14.5. The van der Waals surface area contributed by atoms with Crippen molar-refractivity contribution in [1.82, 2.24) is 9.88 Å². The van der Waals surface area contributed by atoms with E-state index in [2.05, 4.69) is 9.88 Å². The molecule has 4 heterocycles. The Balaban J connectivity index is 1.14. The number of ether oxygens (including phenoxy) is 4. The highest BCUT2D eigenvalue weighted by Crippen LogP contribution is 2.38. The summed E-state index contributed by atoms with van der Waals surface area (Å²) in [6, 6.07) is 18.2. The zero-order valence-corrected chi connectivity index (χ0v) is 30.3. The standard InChI is InChI=1S/C40H40Cl2FN3O6/c1-49-35-12-11-28(18-37(35)50-24-25-9-10-25)36(19-30-31(41)20-44-21-32(30)42)51-39(47)29-6-4-5-26(17-29)22-46(34-8-3-2-7-33(34)43)40(48)52-38-23-45-15-13-27(38)14-16-45/h2-8,11-12,17-18,20-21,25,27,36,38H,9-10,13-16,19,22-24H2,1H3/t36-,38+/m1/s1. The molecule has 1 aliphatic carbocycles. The number of halogens is 3. The van der Waals surface area contributed by atoms with Crippen molar-refractivity contribution >= 4 is 41.0 Å². The van der Waals surface area contributed by atoms with Gasteiger partial charge in [0, 0.05) is 25.4 Å². The summed E-state index contributed by atoms with van der Waals surface area (Å²) in [6.45, 7) is 3.19. The number of pyridine rings is 1. The zero-order chi connectivity index (χ0) is 36.2. The summed E-state index contributed by atoms with van der Waals surface area (Å²) in [7, 11) is 1.57. The van der Waals surface area contributed by atoms with Gasteiger partial charge in [-0.25, -0.2) is 14.0 Å². The van der Waals surface area contributed by atoms with Gasteiger partial charge in [0.05, 0.1) is 41.6 Å². The molecule has 0 radical (unpaired) electrons. The number of hydrogen-bond donors (Lipinski definition) is 0. The van der Waals surface area contributed by atoms with E-state index < -0.39 is 24.0 Å². The molecule has 272 valence electrons. The highest BCUT2D eigenvalue weighted by Gasteiger charge is 2.38. The number of nitrogens with zero attached hydrogens (tertiary/aromatic N) is 3. The van der Waals surface area contributed by atoms with Crippen LogP contribution in [0.5, 0.6) is 11.5 Å². The highest BCUT2D eigenvalue weighted by molar-refractivity contribution is 6.35. The van der Waals surface area contributed by atoms with Gasteiger partial charge in [-0.15, -0.1) is 0 Å². The lowest BCUT2D eigenvalue weighted by atomic mass is 9.86. The Hall–Kier alpha value is -4.38. The quantitative estimate of drug-likeness (QED) is 0.126. The van der Waals surface area contributed by atoms with E-state index in [0.717, 1.165) is 38.8 Å². The lowest BCUT2D eigenvalue weighted by molar-refractivity contribution is -0.0311. The number of piperidine rings is 3. The zero-order valence-electron chi connectivity index (χ0n) is 28.8. The largest absolute Gasteiger partial charge is 0.493 e. The number of rotatable bonds is 13. The van der Waals surface area contributed by atoms with Gasteiger partial charge in [-0.2, -0.15) is 0 Å². The molecule has 2 bridgehead atoms. The van der Waals surface area contributed by atoms with Gasteiger partial charge in [0.25, 0.3) is 0 Å². The van der Waals surface area contributed by atoms with Crippen molar-refractivity contribution < 1.29 is 32.9 Å². The number of methoxy groups -OCH3 is 1. The van der Waals surface area contributed by atoms with E-state index in [1.165, 1.54) is 23.4 Å². The predicted molar refractivity (Wildman–Crippen MR) is 196 cm³/mol. The number of aromatic nitrogens is 1. The minimum Gasteiger partial charge on any atom is -0.493 e. The molecule has 3 saturated heterocycles. The Morgan fingerprint density at radius 2 is 1.73 bits per heavy atom. The second-order valence-electron chi connectivity index (χ2n) is 13.6. The van der Waals surface area contributed by atoms with E-state index >= 15 is 4.39 Å². The fraction of sp³-hybridized carbons (Fsp3) is 0.375. The third-order valence-electron chi connectivity index (χ3n) is 10.0. The van der Waals surface area contributed by atoms with Crippen LogP contribution in [0.1, 0.15) is 58.8 Å². The lowest BCUT2D eigenvalue weighted by Crippen LogP contribution is -2.53. The smallest absolute Gasteiger partial charge is 0.415 e. The van der Waals surface area contributed by atoms with E-state index in [4.69, 9.17) is 42.1 Å². The van der Waals surface area contributed by atoms with Gasteiger partial charge in [-0.1, -0.05) is 53.5 Å². The molecular weight excluding hydrogens is 708 g/mol. The third-order valence-corrected chi connectivity index (χ3v) is 10.7. The molecule has 1 saturated carbocycles. The highest BCUT2D eigenvalue weighted by atomic mass is 35.5. The first-order valence-corrected chi connectivity index (χ1v) is 18.3. The van der Waals surface area contributed by atoms with E-state index in [1.54, 1.807) is 55.6 Å². The molecule has 1 amide bonds. The number of para-hydroxylation sites is 1. The van der Waals surface area contributed by atoms with Gasteiger partial charge in [-0.05, 0) is 104 Å². The second kappa shape index (κ2) is 16.1. The molecule has 3 aromatic carbocycles. The maximum Gasteiger partial charge on any atom is 0.415 e. The van der Waals surface area contributed by atoms with Crippen LogP contribution in [0.25, 0.3) is 0 Å². The number of carbonyl (C=O) groups excluding carboxylic acids is 2. The van der Waals surface area contributed by atoms with Crippen molar-refractivity contribution in [3.63, 3.8) is 0 Å². The van der Waals surface area contributed by atoms with Crippen LogP contribution in [0.15, 0.2) is 79.1 Å². The van der Waals surface area contributed by atoms with Gasteiger partial charge in [-0.3, -0.25) is 14.8 Å². The van der Waals surface area contributed by atoms with Crippen LogP contribution in [0.2, 0.25) is 10.0 Å². The molecule has 4 fully saturated rings. The average Bonchev–Trinajstić information content (AvgIpc) is 4.00. The topological polar surface area (TPSA) is 90.4 Å². The van der Waals surface area contributed by atoms with Gasteiger partial charge < -0.3 is 18.9 Å². The van der Waals surface area contributed by atoms with Gasteiger partial charge >= 0.3 is 12.1 Å². The molecule has 4 aromatic rings. The molecule has 2 atom stereocenters. The Kier molecular flexibility index (Phi) is 11.1. The van der Waals surface area contributed by atoms with Crippen LogP contribution < -0.4 is 14.4 Å². The maximum absolute atomic E-state index is 15.2. The van der Waals surface area contributed by atoms with E-state index in [1.807, 2.05) is 12.1 Å². The van der Waals surface area contributed by atoms with Crippen LogP contribution >= 0.6 is 23.2 Å². The molecule has 0 unspecified atom stereocenters. The first kappa shape index (κ1) is 36.0. The number of benzene rings is 3. The average molecular weight is 749 g/mol. The third kappa shape index (κ3) is 8.46. The van der Waals surface area contributed by atoms with Crippen molar-refractivity contribution in [3.05, 3.63) is 117 Å². The molecule has 12 heteroatoms. The molecular formula is C40H40Cl2FN3O6. The van der Waals surface area contributed by atoms with Crippen molar-refractivity contribution in [2.24, 2.45) is 11.8 Å². The van der Waals surface area contributed by atoms with Crippen LogP contribution in [-0.4, -0.2) is 61.4 Å². The molecule has 52 heavy (non-hydrogen) atoms. The number of hydrogen-bond acceptors (Lipinski definition) is 8. The van der Waals surface area contributed by atoms with Gasteiger partial charge in [0.2, 0.25) is 0 Å². The summed E-state index contributed by atoms with van der Waals surface area (Å²) in [6.07, 6.45) is 5.60. The van der Waals surface area contributed by atoms with Crippen molar-refractivity contribution in [2.75, 3.05) is 38.3 Å². The molecule has 3 aliphatic heterocycles. The first-order chi connectivity index (χ1) is 25.2. The van der Waals surface area contributed by atoms with Crippen LogP contribution in [0.3, 0.4) is 0 Å². The number of anilines is 1. The Labute approximate surface area is 312 Å². The summed E-state index contributed by atoms with van der Waals surface area (Å²) in [5.74, 6) is 0.733. The molecule has 0 spiro atoms. The summed E-state index contributed by atoms with van der Waals surface area (Å²) in [5.41, 5.74) is 2.14. The lowest BCUT2D eigenvalue weighted by Gasteiger charge is -2.44. The fourth-order valence-corrected chi connectivity index (χ4v) is 7.40. The number of carbonyl (C=O) groups is 2. The Morgan fingerprint density at radius 1 is 0.962 bits per heavy atom. The fourth-order valence-electron chi connectivity index (χ4n) is 6.88. The minimum absolute atomic E-state index is 0.0339. The number of fused-ring (bicyclic) bond motifs is 3. The molecule has 4 aliphatic rings. The molecule has 0 N–H and O–H groups in total. The number of amides is 1. The molecule has 9 nitrogen and oxygen atoms in total. The normalized spacial score (nSPS) is 19.8. The van der Waals surface area contributed by atoms with E-state index in [-0.39, 0.29) is 36.2 Å². The maximum atomic E-state index is 15.2. The van der Waals surface area contributed by atoms with Gasteiger partial charge in [0.15, 0.2) is 11.5 Å². The summed E-state index contributed by atoms with van der Waals surface area (Å²) < 4.78 is 39.1. The molecule has 1 aromatic heterocycles. The summed E-state index contributed by atoms with van der Waals surface area (Å²) >= 11 is 13.0. The molecule has 8 rings (SSSR count). The van der Waals surface area contributed by atoms with E-state index in [9.17, 15) is 9.59 Å². The monoisotopic (exact) mass is 747 g/mol. The summed E-state index contributed by atoms with van der Waals surface area (Å²) in [5, 5.41) is 0.681. The van der Waals surface area contributed by atoms with Gasteiger partial charge in [0.1, 0.15) is 18.0 Å². The summed E-state index contributed by atoms with van der Waals surface area (Å²) in [4.78, 5) is 35.3. The van der Waals surface area contributed by atoms with Crippen molar-refractivity contribution in [1.29, 1.82) is 0 Å². The van der Waals surface area contributed by atoms with Crippen molar-refractivity contribution in [3.8, 4) is 11.5 Å². The van der Waals surface area contributed by atoms with E-state index in [0.29, 0.717) is 57.3 Å². The van der Waals surface area contributed by atoms with Crippen LogP contribution in [0.4, 0.5) is 14.9 Å². The van der Waals surface area contributed by atoms with Crippen LogP contribution in [-0.2, 0) is 22.4 Å². The SMILES string of the molecule is COc1ccc([C@@H](Cc2c(Cl)cncc2Cl)OC(=O)c2cccc(CN(C(=O)O[C@H]3CN4CCC3CC4)c3ccccc3F)c2)cc1OCC1CC1. The predicted octanol–water partition coefficient (Wildman–Crippen LogP) is 8.70. The Morgan fingerprint density at radius 3 is 2.42 bits per heavy atom. The first-order valence-electron chi connectivity index (χ1n) is 17.6. The van der Waals surface area contributed by atoms with Crippen LogP contribution in [0, 0.1) is 17.7 Å². The van der Waals surface area contributed by atoms with Crippen molar-refractivity contribution in [2.45, 2.75) is 50.9 Å². The Bertz CT molecular complexity index is 1900.